The molecule has 4 aromatic carbocycles. The van der Waals surface area contributed by atoms with Gasteiger partial charge < -0.3 is 0 Å². The van der Waals surface area contributed by atoms with Crippen LogP contribution in [-0.4, -0.2) is 46.5 Å². The number of benzene rings is 4. The Bertz CT molecular complexity index is 1860. The molecule has 6 nitrogen and oxygen atoms in total. The monoisotopic (exact) mass is 783 g/mol. The minimum absolute atomic E-state index is 0.165. The third-order valence-electron chi connectivity index (χ3n) is 13.2. The summed E-state index contributed by atoms with van der Waals surface area (Å²) >= 11 is 0. The average Bonchev–Trinajstić information content (AvgIpc) is 3.59. The zero-order chi connectivity index (χ0) is 40.4. The van der Waals surface area contributed by atoms with Gasteiger partial charge in [-0.3, -0.25) is 29.0 Å². The molecule has 2 aliphatic heterocycles. The summed E-state index contributed by atoms with van der Waals surface area (Å²) in [5.41, 5.74) is 6.97. The van der Waals surface area contributed by atoms with Crippen LogP contribution in [0, 0.1) is 0 Å². The van der Waals surface area contributed by atoms with Gasteiger partial charge in [0.1, 0.15) is 0 Å². The average molecular weight is 783 g/mol. The van der Waals surface area contributed by atoms with Gasteiger partial charge in [-0.1, -0.05) is 167 Å². The fourth-order valence-electron chi connectivity index (χ4n) is 9.70. The van der Waals surface area contributed by atoms with E-state index in [2.05, 4.69) is 38.1 Å². The van der Waals surface area contributed by atoms with E-state index in [0.29, 0.717) is 35.3 Å². The van der Waals surface area contributed by atoms with Gasteiger partial charge >= 0.3 is 0 Å². The number of amides is 4. The number of unbranched alkanes of at least 4 members (excludes halogenated alkanes) is 20. The second-order valence-corrected chi connectivity index (χ2v) is 17.7. The highest BCUT2D eigenvalue weighted by Crippen LogP contribution is 2.37. The summed E-state index contributed by atoms with van der Waals surface area (Å²) in [6, 6.07) is 16.5. The van der Waals surface area contributed by atoms with Gasteiger partial charge in [0.05, 0.1) is 22.3 Å². The summed E-state index contributed by atoms with van der Waals surface area (Å²) in [4.78, 5) is 56.9. The van der Waals surface area contributed by atoms with E-state index in [1.165, 1.54) is 135 Å². The molecule has 1 aliphatic carbocycles. The number of imide groups is 2. The number of fused-ring (bicyclic) bond motifs is 6. The maximum atomic E-state index is 13.5. The smallest absolute Gasteiger partial charge is 0.261 e. The molecule has 0 atom stereocenters. The van der Waals surface area contributed by atoms with E-state index in [0.717, 1.165) is 72.9 Å². The van der Waals surface area contributed by atoms with Crippen LogP contribution in [-0.2, 0) is 12.8 Å². The van der Waals surface area contributed by atoms with Crippen LogP contribution >= 0.6 is 0 Å². The zero-order valence-corrected chi connectivity index (χ0v) is 35.5. The van der Waals surface area contributed by atoms with Crippen molar-refractivity contribution >= 4 is 45.2 Å². The fourth-order valence-corrected chi connectivity index (χ4v) is 9.70. The number of carbonyl (C=O) groups excluding carboxylic acids is 4. The lowest BCUT2D eigenvalue weighted by molar-refractivity contribution is 0.0636. The van der Waals surface area contributed by atoms with Crippen molar-refractivity contribution in [3.63, 3.8) is 0 Å². The third kappa shape index (κ3) is 9.58. The van der Waals surface area contributed by atoms with Crippen molar-refractivity contribution in [3.05, 3.63) is 93.0 Å². The highest BCUT2D eigenvalue weighted by atomic mass is 16.2. The summed E-state index contributed by atoms with van der Waals surface area (Å²) in [5, 5.41) is 3.94. The lowest BCUT2D eigenvalue weighted by atomic mass is 9.82. The van der Waals surface area contributed by atoms with Gasteiger partial charge in [-0.05, 0) is 93.7 Å². The van der Waals surface area contributed by atoms with E-state index in [1.807, 2.05) is 24.3 Å². The van der Waals surface area contributed by atoms with Crippen LogP contribution in [0.3, 0.4) is 0 Å². The van der Waals surface area contributed by atoms with Crippen LogP contribution in [0.1, 0.15) is 219 Å². The summed E-state index contributed by atoms with van der Waals surface area (Å²) in [6.45, 7) is 5.48. The molecule has 58 heavy (non-hydrogen) atoms. The van der Waals surface area contributed by atoms with Crippen molar-refractivity contribution in [2.75, 3.05) is 13.1 Å². The SMILES string of the molecule is CCCCCCCCCCCCCN1C(=O)c2cc3cc4c(cc3cc2C1=O)Cc1cc2cc3c(cc2cc1C4)C(=O)N(CCCCCCCCCCCCC)C3=O. The Morgan fingerprint density at radius 2 is 0.552 bits per heavy atom. The zero-order valence-electron chi connectivity index (χ0n) is 35.5. The predicted octanol–water partition coefficient (Wildman–Crippen LogP) is 13.3. The molecule has 0 N–H and O–H groups in total. The van der Waals surface area contributed by atoms with Gasteiger partial charge in [0.25, 0.3) is 23.6 Å². The molecular weight excluding hydrogens is 717 g/mol. The molecular formula is C52H66N2O4. The normalized spacial score (nSPS) is 14.6. The first kappa shape index (κ1) is 41.8. The molecule has 308 valence electrons. The Morgan fingerprint density at radius 1 is 0.328 bits per heavy atom. The second-order valence-electron chi connectivity index (χ2n) is 17.7. The van der Waals surface area contributed by atoms with Crippen LogP contribution in [0.5, 0.6) is 0 Å². The number of nitrogens with zero attached hydrogens (tertiary/aromatic N) is 2. The molecule has 4 aromatic rings. The highest BCUT2D eigenvalue weighted by Gasteiger charge is 2.37. The quantitative estimate of drug-likeness (QED) is 0.0461. The van der Waals surface area contributed by atoms with E-state index in [4.69, 9.17) is 0 Å². The standard InChI is InChI=1S/C52H66N2O4/c1-3-5-7-9-11-13-15-17-19-21-23-25-53-49(55)45-33-41-29-37-27-39-31-43-35-47-48(36-44(43)32-40(39)28-38(37)30-42(41)34-46(45)50(53)56)52(58)54(51(47)57)26-24-22-20-18-16-14-12-10-8-6-4-2/h29-36H,3-28H2,1-2H3. The Labute approximate surface area is 347 Å². The van der Waals surface area contributed by atoms with E-state index in [1.54, 1.807) is 0 Å². The summed E-state index contributed by atoms with van der Waals surface area (Å²) in [6.07, 6.45) is 28.6. The van der Waals surface area contributed by atoms with E-state index in [9.17, 15) is 19.2 Å². The molecule has 0 saturated carbocycles. The second kappa shape index (κ2) is 20.1. The predicted molar refractivity (Wildman–Crippen MR) is 237 cm³/mol. The van der Waals surface area contributed by atoms with Gasteiger partial charge in [-0.25, -0.2) is 0 Å². The summed E-state index contributed by atoms with van der Waals surface area (Å²) in [5.74, 6) is -0.661. The van der Waals surface area contributed by atoms with E-state index < -0.39 is 0 Å². The molecule has 0 bridgehead atoms. The Balaban J connectivity index is 0.938. The van der Waals surface area contributed by atoms with Crippen LogP contribution < -0.4 is 0 Å². The van der Waals surface area contributed by atoms with Crippen molar-refractivity contribution in [1.29, 1.82) is 0 Å². The van der Waals surface area contributed by atoms with Gasteiger partial charge in [-0.15, -0.1) is 0 Å². The Kier molecular flexibility index (Phi) is 14.5. The first-order chi connectivity index (χ1) is 28.4. The van der Waals surface area contributed by atoms with Crippen molar-refractivity contribution in [2.45, 2.75) is 168 Å². The van der Waals surface area contributed by atoms with Crippen LogP contribution in [0.15, 0.2) is 48.5 Å². The molecule has 0 aromatic heterocycles. The first-order valence-corrected chi connectivity index (χ1v) is 23.3. The minimum Gasteiger partial charge on any atom is -0.274 e. The van der Waals surface area contributed by atoms with Crippen molar-refractivity contribution in [1.82, 2.24) is 9.80 Å². The number of hydrogen-bond donors (Lipinski definition) is 0. The molecule has 7 rings (SSSR count). The fraction of sp³-hybridized carbons (Fsp3) is 0.538. The van der Waals surface area contributed by atoms with E-state index in [-0.39, 0.29) is 23.6 Å². The third-order valence-corrected chi connectivity index (χ3v) is 13.2. The molecule has 4 amide bonds. The molecule has 0 unspecified atom stereocenters. The molecule has 2 heterocycles. The van der Waals surface area contributed by atoms with Gasteiger partial charge in [0.15, 0.2) is 0 Å². The topological polar surface area (TPSA) is 74.8 Å². The summed E-state index contributed by atoms with van der Waals surface area (Å²) < 4.78 is 0. The van der Waals surface area contributed by atoms with Crippen LogP contribution in [0.25, 0.3) is 21.5 Å². The van der Waals surface area contributed by atoms with E-state index >= 15 is 0 Å². The summed E-state index contributed by atoms with van der Waals surface area (Å²) in [7, 11) is 0. The largest absolute Gasteiger partial charge is 0.274 e. The van der Waals surface area contributed by atoms with Crippen molar-refractivity contribution in [2.24, 2.45) is 0 Å². The minimum atomic E-state index is -0.165. The lowest BCUT2D eigenvalue weighted by Gasteiger charge is -2.21. The first-order valence-electron chi connectivity index (χ1n) is 23.3. The van der Waals surface area contributed by atoms with Gasteiger partial charge in [-0.2, -0.15) is 0 Å². The number of rotatable bonds is 24. The van der Waals surface area contributed by atoms with Crippen molar-refractivity contribution in [3.8, 4) is 0 Å². The number of hydrogen-bond acceptors (Lipinski definition) is 4. The lowest BCUT2D eigenvalue weighted by Crippen LogP contribution is -2.30. The van der Waals surface area contributed by atoms with Crippen LogP contribution in [0.4, 0.5) is 0 Å². The van der Waals surface area contributed by atoms with Crippen molar-refractivity contribution < 1.29 is 19.2 Å². The van der Waals surface area contributed by atoms with Gasteiger partial charge in [0, 0.05) is 13.1 Å². The molecule has 0 saturated heterocycles. The van der Waals surface area contributed by atoms with Crippen LogP contribution in [0.2, 0.25) is 0 Å². The highest BCUT2D eigenvalue weighted by molar-refractivity contribution is 6.24. The molecule has 0 spiro atoms. The molecule has 0 radical (unpaired) electrons. The Morgan fingerprint density at radius 3 is 0.793 bits per heavy atom. The molecule has 6 heteroatoms. The maximum absolute atomic E-state index is 13.5. The number of carbonyl (C=O) groups is 4. The molecule has 0 fully saturated rings. The Hall–Kier alpha value is -4.32. The van der Waals surface area contributed by atoms with Gasteiger partial charge in [0.2, 0.25) is 0 Å². The molecule has 3 aliphatic rings. The maximum Gasteiger partial charge on any atom is 0.261 e.